The number of unbranched alkanes of at least 4 members (excludes halogenated alkanes) is 3. The van der Waals surface area contributed by atoms with Crippen LogP contribution in [-0.4, -0.2) is 38.4 Å². The molecule has 1 fully saturated rings. The Bertz CT molecular complexity index is 716. The van der Waals surface area contributed by atoms with Crippen LogP contribution in [-0.2, 0) is 16.6 Å². The minimum atomic E-state index is -3.70. The van der Waals surface area contributed by atoms with Crippen LogP contribution in [0.15, 0.2) is 23.1 Å². The highest BCUT2D eigenvalue weighted by molar-refractivity contribution is 7.89. The number of carbonyl (C=O) groups is 1. The summed E-state index contributed by atoms with van der Waals surface area (Å²) in [5.41, 5.74) is 6.59. The molecule has 152 valence electrons. The van der Waals surface area contributed by atoms with Crippen molar-refractivity contribution in [3.8, 4) is 0 Å². The van der Waals surface area contributed by atoms with Crippen molar-refractivity contribution in [3.05, 3.63) is 23.8 Å². The summed E-state index contributed by atoms with van der Waals surface area (Å²) in [6.07, 6.45) is 6.99. The van der Waals surface area contributed by atoms with E-state index in [2.05, 4.69) is 17.6 Å². The molecular formula is C19H32N4O3S. The summed E-state index contributed by atoms with van der Waals surface area (Å²) in [5, 5.41) is 5.51. The van der Waals surface area contributed by atoms with Crippen molar-refractivity contribution in [3.63, 3.8) is 0 Å². The second-order valence-corrected chi connectivity index (χ2v) is 8.78. The van der Waals surface area contributed by atoms with Crippen molar-refractivity contribution in [2.24, 2.45) is 5.73 Å². The third-order valence-electron chi connectivity index (χ3n) is 4.79. The second-order valence-electron chi connectivity index (χ2n) is 6.90. The molecule has 2 amide bonds. The van der Waals surface area contributed by atoms with Gasteiger partial charge < -0.3 is 16.4 Å². The number of rotatable bonds is 9. The number of hydrogen-bond donors (Lipinski definition) is 3. The van der Waals surface area contributed by atoms with E-state index >= 15 is 0 Å². The summed E-state index contributed by atoms with van der Waals surface area (Å²) < 4.78 is 27.9. The van der Waals surface area contributed by atoms with Crippen LogP contribution in [0.5, 0.6) is 0 Å². The van der Waals surface area contributed by atoms with Gasteiger partial charge in [-0.3, -0.25) is 0 Å². The predicted octanol–water partition coefficient (Wildman–Crippen LogP) is 3.02. The molecule has 0 spiro atoms. The first-order valence-corrected chi connectivity index (χ1v) is 11.3. The third kappa shape index (κ3) is 5.92. The van der Waals surface area contributed by atoms with Gasteiger partial charge >= 0.3 is 6.03 Å². The molecule has 27 heavy (non-hydrogen) atoms. The molecule has 1 saturated heterocycles. The van der Waals surface area contributed by atoms with Crippen LogP contribution in [0.2, 0.25) is 0 Å². The van der Waals surface area contributed by atoms with E-state index in [1.54, 1.807) is 18.2 Å². The number of urea groups is 1. The SMILES string of the molecule is CCCCCCNC(=O)Nc1cccc(CN)c1S(=O)(=O)N1CCCCC1. The Morgan fingerprint density at radius 1 is 1.15 bits per heavy atom. The Hall–Kier alpha value is -1.64. The van der Waals surface area contributed by atoms with Gasteiger partial charge in [-0.05, 0) is 30.9 Å². The first-order valence-electron chi connectivity index (χ1n) is 9.87. The minimum absolute atomic E-state index is 0.0938. The number of amides is 2. The number of nitrogens with two attached hydrogens (primary N) is 1. The maximum atomic E-state index is 13.2. The Kier molecular flexibility index (Phi) is 8.53. The maximum absolute atomic E-state index is 13.2. The van der Waals surface area contributed by atoms with E-state index in [9.17, 15) is 13.2 Å². The molecule has 1 heterocycles. The van der Waals surface area contributed by atoms with Gasteiger partial charge in [0.1, 0.15) is 4.90 Å². The summed E-state index contributed by atoms with van der Waals surface area (Å²) in [6, 6.07) is 4.64. The quantitative estimate of drug-likeness (QED) is 0.558. The zero-order valence-electron chi connectivity index (χ0n) is 16.2. The molecule has 0 unspecified atom stereocenters. The number of nitrogens with zero attached hydrogens (tertiary/aromatic N) is 1. The molecule has 1 aliphatic heterocycles. The molecule has 1 aromatic rings. The van der Waals surface area contributed by atoms with Gasteiger partial charge in [0.05, 0.1) is 5.69 Å². The number of piperidine rings is 1. The zero-order valence-corrected chi connectivity index (χ0v) is 17.0. The molecule has 0 atom stereocenters. The van der Waals surface area contributed by atoms with Crippen molar-refractivity contribution in [2.75, 3.05) is 25.0 Å². The topological polar surface area (TPSA) is 105 Å². The molecule has 0 bridgehead atoms. The zero-order chi connectivity index (χ0) is 19.7. The largest absolute Gasteiger partial charge is 0.338 e. The van der Waals surface area contributed by atoms with E-state index in [0.29, 0.717) is 25.2 Å². The number of benzene rings is 1. The summed E-state index contributed by atoms with van der Waals surface area (Å²) >= 11 is 0. The Labute approximate surface area is 162 Å². The van der Waals surface area contributed by atoms with E-state index in [-0.39, 0.29) is 17.1 Å². The Balaban J connectivity index is 2.16. The second kappa shape index (κ2) is 10.6. The summed E-state index contributed by atoms with van der Waals surface area (Å²) in [4.78, 5) is 12.4. The Morgan fingerprint density at radius 2 is 1.89 bits per heavy atom. The van der Waals surface area contributed by atoms with Gasteiger partial charge in [0.25, 0.3) is 0 Å². The van der Waals surface area contributed by atoms with E-state index in [1.807, 2.05) is 0 Å². The number of sulfonamides is 1. The van der Waals surface area contributed by atoms with Gasteiger partial charge in [-0.1, -0.05) is 44.7 Å². The molecular weight excluding hydrogens is 364 g/mol. The minimum Gasteiger partial charge on any atom is -0.338 e. The number of hydrogen-bond acceptors (Lipinski definition) is 4. The van der Waals surface area contributed by atoms with Crippen LogP contribution in [0.4, 0.5) is 10.5 Å². The average molecular weight is 397 g/mol. The fourth-order valence-electron chi connectivity index (χ4n) is 3.30. The van der Waals surface area contributed by atoms with E-state index in [4.69, 9.17) is 5.73 Å². The lowest BCUT2D eigenvalue weighted by atomic mass is 10.2. The Morgan fingerprint density at radius 3 is 2.56 bits per heavy atom. The van der Waals surface area contributed by atoms with Gasteiger partial charge in [0, 0.05) is 26.2 Å². The highest BCUT2D eigenvalue weighted by Gasteiger charge is 2.30. The van der Waals surface area contributed by atoms with Gasteiger partial charge in [0.15, 0.2) is 0 Å². The average Bonchev–Trinajstić information content (AvgIpc) is 2.68. The number of carbonyl (C=O) groups excluding carboxylic acids is 1. The van der Waals surface area contributed by atoms with Crippen LogP contribution < -0.4 is 16.4 Å². The van der Waals surface area contributed by atoms with Crippen LogP contribution >= 0.6 is 0 Å². The smallest absolute Gasteiger partial charge is 0.319 e. The fraction of sp³-hybridized carbons (Fsp3) is 0.632. The van der Waals surface area contributed by atoms with Gasteiger partial charge in [-0.15, -0.1) is 0 Å². The lowest BCUT2D eigenvalue weighted by Crippen LogP contribution is -2.37. The molecule has 0 aromatic heterocycles. The van der Waals surface area contributed by atoms with Crippen molar-refractivity contribution >= 4 is 21.7 Å². The van der Waals surface area contributed by atoms with Crippen molar-refractivity contribution in [1.82, 2.24) is 9.62 Å². The van der Waals surface area contributed by atoms with E-state index in [0.717, 1.165) is 44.9 Å². The first-order chi connectivity index (χ1) is 13.0. The summed E-state index contributed by atoms with van der Waals surface area (Å²) in [5.74, 6) is 0. The lowest BCUT2D eigenvalue weighted by Gasteiger charge is -2.28. The summed E-state index contributed by atoms with van der Waals surface area (Å²) in [7, 11) is -3.70. The van der Waals surface area contributed by atoms with Crippen LogP contribution in [0.3, 0.4) is 0 Å². The highest BCUT2D eigenvalue weighted by atomic mass is 32.2. The third-order valence-corrected chi connectivity index (χ3v) is 6.84. The fourth-order valence-corrected chi connectivity index (χ4v) is 5.18. The van der Waals surface area contributed by atoms with Crippen LogP contribution in [0, 0.1) is 0 Å². The van der Waals surface area contributed by atoms with E-state index in [1.165, 1.54) is 4.31 Å². The van der Waals surface area contributed by atoms with E-state index < -0.39 is 16.1 Å². The molecule has 0 saturated carbocycles. The normalized spacial score (nSPS) is 15.5. The van der Waals surface area contributed by atoms with Crippen molar-refractivity contribution in [1.29, 1.82) is 0 Å². The summed E-state index contributed by atoms with van der Waals surface area (Å²) in [6.45, 7) is 3.80. The van der Waals surface area contributed by atoms with Gasteiger partial charge in [-0.2, -0.15) is 4.31 Å². The molecule has 4 N–H and O–H groups in total. The molecule has 1 aromatic carbocycles. The lowest BCUT2D eigenvalue weighted by molar-refractivity contribution is 0.252. The van der Waals surface area contributed by atoms with Gasteiger partial charge in [0.2, 0.25) is 10.0 Å². The highest BCUT2D eigenvalue weighted by Crippen LogP contribution is 2.30. The molecule has 7 nitrogen and oxygen atoms in total. The van der Waals surface area contributed by atoms with Crippen molar-refractivity contribution < 1.29 is 13.2 Å². The maximum Gasteiger partial charge on any atom is 0.319 e. The van der Waals surface area contributed by atoms with Crippen LogP contribution in [0.1, 0.15) is 57.4 Å². The van der Waals surface area contributed by atoms with Crippen molar-refractivity contribution in [2.45, 2.75) is 63.3 Å². The number of nitrogens with one attached hydrogen (secondary N) is 2. The molecule has 0 aliphatic carbocycles. The molecule has 8 heteroatoms. The molecule has 1 aliphatic rings. The monoisotopic (exact) mass is 396 g/mol. The molecule has 0 radical (unpaired) electrons. The van der Waals surface area contributed by atoms with Crippen LogP contribution in [0.25, 0.3) is 0 Å². The standard InChI is InChI=1S/C19H32N4O3S/c1-2-3-4-6-12-21-19(24)22-17-11-9-10-16(15-20)18(17)27(25,26)23-13-7-5-8-14-23/h9-11H,2-8,12-15,20H2,1H3,(H2,21,22,24). The first kappa shape index (κ1) is 21.7. The molecule has 2 rings (SSSR count). The van der Waals surface area contributed by atoms with Gasteiger partial charge in [-0.25, -0.2) is 13.2 Å². The predicted molar refractivity (Wildman–Crippen MR) is 108 cm³/mol. The number of anilines is 1.